The Morgan fingerprint density at radius 3 is 1.06 bits per heavy atom. The monoisotopic (exact) mass is 933 g/mol. The summed E-state index contributed by atoms with van der Waals surface area (Å²) in [4.78, 5) is 38.1. The fraction of sp³-hybridized carbons (Fsp3) is 0.721. The van der Waals surface area contributed by atoms with E-state index < -0.39 is 6.10 Å². The number of hydrogen-bond acceptors (Lipinski definition) is 6. The molecule has 0 amide bonds. The molecular formula is C61H104O6. The quantitative estimate of drug-likeness (QED) is 0.0199. The van der Waals surface area contributed by atoms with Gasteiger partial charge in [-0.3, -0.25) is 14.4 Å². The van der Waals surface area contributed by atoms with Crippen LogP contribution in [0, 0.1) is 0 Å². The molecule has 1 atom stereocenters. The van der Waals surface area contributed by atoms with Crippen molar-refractivity contribution in [2.24, 2.45) is 0 Å². The highest BCUT2D eigenvalue weighted by atomic mass is 16.6. The third-order valence-electron chi connectivity index (χ3n) is 11.9. The topological polar surface area (TPSA) is 78.9 Å². The Kier molecular flexibility index (Phi) is 52.4. The zero-order chi connectivity index (χ0) is 48.6. The van der Waals surface area contributed by atoms with Gasteiger partial charge in [0.15, 0.2) is 6.10 Å². The van der Waals surface area contributed by atoms with E-state index in [4.69, 9.17) is 14.2 Å². The summed E-state index contributed by atoms with van der Waals surface area (Å²) in [5.74, 6) is -0.953. The summed E-state index contributed by atoms with van der Waals surface area (Å²) in [5, 5.41) is 0. The molecule has 0 N–H and O–H groups in total. The highest BCUT2D eigenvalue weighted by Gasteiger charge is 2.19. The summed E-state index contributed by atoms with van der Waals surface area (Å²) in [7, 11) is 0. The minimum absolute atomic E-state index is 0.0969. The molecule has 384 valence electrons. The number of hydrogen-bond donors (Lipinski definition) is 0. The van der Waals surface area contributed by atoms with Crippen LogP contribution >= 0.6 is 0 Å². The molecule has 6 heteroatoms. The maximum absolute atomic E-state index is 12.8. The third-order valence-corrected chi connectivity index (χ3v) is 11.9. The summed E-state index contributed by atoms with van der Waals surface area (Å²) in [6, 6.07) is 0. The lowest BCUT2D eigenvalue weighted by molar-refractivity contribution is -0.167. The normalized spacial score (nSPS) is 12.7. The SMILES string of the molecule is CC/C=C\C/C=C\C/C=C\CCCCC(=O)OCC(COC(=O)CCCCCCCCCCCC/C=C\C=C/CCCCC)OC(=O)CCCCCCC/C=C\C=C/CCCCCCCCC. The van der Waals surface area contributed by atoms with Gasteiger partial charge in [0.05, 0.1) is 0 Å². The lowest BCUT2D eigenvalue weighted by atomic mass is 10.1. The first-order valence-electron chi connectivity index (χ1n) is 28.1. The van der Waals surface area contributed by atoms with E-state index in [9.17, 15) is 14.4 Å². The standard InChI is InChI=1S/C61H104O6/c1-4-7-10-13-16-19-22-25-27-29-31-33-34-36-39-42-45-48-51-54-60(63)66-57-58(56-65-59(62)53-50-47-44-41-38-24-21-18-15-12-9-6-3)67-61(64)55-52-49-46-43-40-37-35-32-30-28-26-23-20-17-14-11-8-5-2/h9,12,16,18-19,21-22,25,28,30,32,35,38,41,58H,4-8,10-11,13-15,17,20,23-24,26-27,29,31,33-34,36-37,39-40,42-57H2,1-3H3/b12-9-,19-16-,21-18-,25-22-,30-28-,35-32-,41-38-. The zero-order valence-electron chi connectivity index (χ0n) is 43.9. The molecule has 6 nitrogen and oxygen atoms in total. The van der Waals surface area contributed by atoms with E-state index in [1.54, 1.807) is 0 Å². The second-order valence-corrected chi connectivity index (χ2v) is 18.5. The number of esters is 3. The Labute approximate surface area is 414 Å². The number of ether oxygens (including phenoxy) is 3. The summed E-state index contributed by atoms with van der Waals surface area (Å²) >= 11 is 0. The molecule has 1 unspecified atom stereocenters. The minimum Gasteiger partial charge on any atom is -0.462 e. The number of unbranched alkanes of at least 4 members (excludes halogenated alkanes) is 27. The molecule has 0 aliphatic rings. The predicted molar refractivity (Wildman–Crippen MR) is 288 cm³/mol. The van der Waals surface area contributed by atoms with Crippen molar-refractivity contribution in [1.29, 1.82) is 0 Å². The molecule has 0 saturated carbocycles. The largest absolute Gasteiger partial charge is 0.462 e. The van der Waals surface area contributed by atoms with Gasteiger partial charge in [0.1, 0.15) is 13.2 Å². The highest BCUT2D eigenvalue weighted by molar-refractivity contribution is 5.71. The molecule has 0 radical (unpaired) electrons. The van der Waals surface area contributed by atoms with E-state index in [1.165, 1.54) is 128 Å². The van der Waals surface area contributed by atoms with E-state index >= 15 is 0 Å². The van der Waals surface area contributed by atoms with Gasteiger partial charge in [-0.05, 0) is 103 Å². The van der Waals surface area contributed by atoms with Crippen molar-refractivity contribution >= 4 is 17.9 Å². The first-order valence-corrected chi connectivity index (χ1v) is 28.1. The van der Waals surface area contributed by atoms with Crippen LogP contribution < -0.4 is 0 Å². The summed E-state index contributed by atoms with van der Waals surface area (Å²) in [6.45, 7) is 6.45. The summed E-state index contributed by atoms with van der Waals surface area (Å²) in [6.07, 6.45) is 71.5. The van der Waals surface area contributed by atoms with Crippen LogP contribution in [0.4, 0.5) is 0 Å². The molecule has 0 heterocycles. The van der Waals surface area contributed by atoms with Gasteiger partial charge in [-0.15, -0.1) is 0 Å². The van der Waals surface area contributed by atoms with E-state index in [1.807, 2.05) is 0 Å². The van der Waals surface area contributed by atoms with Crippen molar-refractivity contribution in [3.8, 4) is 0 Å². The first-order chi connectivity index (χ1) is 33.0. The van der Waals surface area contributed by atoms with Crippen LogP contribution in [-0.2, 0) is 28.6 Å². The lowest BCUT2D eigenvalue weighted by Crippen LogP contribution is -2.30. The van der Waals surface area contributed by atoms with Crippen LogP contribution in [0.15, 0.2) is 85.1 Å². The van der Waals surface area contributed by atoms with Crippen molar-refractivity contribution in [2.45, 2.75) is 271 Å². The van der Waals surface area contributed by atoms with Crippen molar-refractivity contribution in [2.75, 3.05) is 13.2 Å². The van der Waals surface area contributed by atoms with Gasteiger partial charge < -0.3 is 14.2 Å². The number of carbonyl (C=O) groups excluding carboxylic acids is 3. The Morgan fingerprint density at radius 2 is 0.627 bits per heavy atom. The zero-order valence-corrected chi connectivity index (χ0v) is 43.9. The molecule has 0 aromatic carbocycles. The Bertz CT molecular complexity index is 1300. The molecule has 0 bridgehead atoms. The number of allylic oxidation sites excluding steroid dienone is 14. The molecule has 0 aliphatic heterocycles. The minimum atomic E-state index is -0.802. The first kappa shape index (κ1) is 63.6. The van der Waals surface area contributed by atoms with Gasteiger partial charge in [0, 0.05) is 19.3 Å². The maximum Gasteiger partial charge on any atom is 0.306 e. The molecule has 0 aromatic rings. The summed E-state index contributed by atoms with van der Waals surface area (Å²) in [5.41, 5.74) is 0. The van der Waals surface area contributed by atoms with Crippen LogP contribution in [0.3, 0.4) is 0 Å². The average molecular weight is 933 g/mol. The Morgan fingerprint density at radius 1 is 0.328 bits per heavy atom. The lowest BCUT2D eigenvalue weighted by Gasteiger charge is -2.18. The maximum atomic E-state index is 12.8. The van der Waals surface area contributed by atoms with Crippen LogP contribution in [0.25, 0.3) is 0 Å². The van der Waals surface area contributed by atoms with Crippen LogP contribution in [0.1, 0.15) is 265 Å². The van der Waals surface area contributed by atoms with Gasteiger partial charge >= 0.3 is 17.9 Å². The summed E-state index contributed by atoms with van der Waals surface area (Å²) < 4.78 is 16.8. The second-order valence-electron chi connectivity index (χ2n) is 18.5. The fourth-order valence-electron chi connectivity index (χ4n) is 7.67. The molecule has 67 heavy (non-hydrogen) atoms. The molecule has 0 aliphatic carbocycles. The fourth-order valence-corrected chi connectivity index (χ4v) is 7.67. The second kappa shape index (κ2) is 55.2. The molecular weight excluding hydrogens is 829 g/mol. The molecule has 0 fully saturated rings. The van der Waals surface area contributed by atoms with E-state index in [2.05, 4.69) is 106 Å². The van der Waals surface area contributed by atoms with Crippen molar-refractivity contribution in [3.63, 3.8) is 0 Å². The molecule has 0 saturated heterocycles. The smallest absolute Gasteiger partial charge is 0.306 e. The Balaban J connectivity index is 4.42. The molecule has 0 spiro atoms. The van der Waals surface area contributed by atoms with E-state index in [-0.39, 0.29) is 31.1 Å². The van der Waals surface area contributed by atoms with Gasteiger partial charge in [-0.2, -0.15) is 0 Å². The van der Waals surface area contributed by atoms with Gasteiger partial charge in [0.2, 0.25) is 0 Å². The highest BCUT2D eigenvalue weighted by Crippen LogP contribution is 2.15. The third kappa shape index (κ3) is 53.4. The molecule has 0 rings (SSSR count). The Hall–Kier alpha value is -3.41. The average Bonchev–Trinajstić information content (AvgIpc) is 3.33. The van der Waals surface area contributed by atoms with E-state index in [0.29, 0.717) is 19.3 Å². The van der Waals surface area contributed by atoms with Crippen molar-refractivity contribution < 1.29 is 28.6 Å². The van der Waals surface area contributed by atoms with Crippen molar-refractivity contribution in [1.82, 2.24) is 0 Å². The number of rotatable bonds is 50. The van der Waals surface area contributed by atoms with Crippen molar-refractivity contribution in [3.05, 3.63) is 85.1 Å². The van der Waals surface area contributed by atoms with Crippen LogP contribution in [0.2, 0.25) is 0 Å². The van der Waals surface area contributed by atoms with Crippen LogP contribution in [0.5, 0.6) is 0 Å². The predicted octanol–water partition coefficient (Wildman–Crippen LogP) is 18.8. The van der Waals surface area contributed by atoms with Gasteiger partial charge in [-0.1, -0.05) is 228 Å². The van der Waals surface area contributed by atoms with Crippen LogP contribution in [-0.4, -0.2) is 37.2 Å². The van der Waals surface area contributed by atoms with Gasteiger partial charge in [-0.25, -0.2) is 0 Å². The number of carbonyl (C=O) groups is 3. The van der Waals surface area contributed by atoms with E-state index in [0.717, 1.165) is 96.3 Å². The van der Waals surface area contributed by atoms with Gasteiger partial charge in [0.25, 0.3) is 0 Å². The molecule has 0 aromatic heterocycles.